The molecule has 6 N–H and O–H groups in total. The maximum Gasteiger partial charge on any atom is 0.246 e. The van der Waals surface area contributed by atoms with Crippen LogP contribution in [0.1, 0.15) is 96.2 Å². The van der Waals surface area contributed by atoms with Gasteiger partial charge in [-0.1, -0.05) is 88.0 Å². The number of benzene rings is 3. The minimum absolute atomic E-state index is 0.0122. The van der Waals surface area contributed by atoms with E-state index in [4.69, 9.17) is 16.3 Å². The normalized spacial score (nSPS) is 16.5. The third-order valence-corrected chi connectivity index (χ3v) is 16.5. The number of unbranched alkanes of at least 4 members (excludes halogenated alkanes) is 4. The number of thiazole rings is 1. The molecule has 2 saturated heterocycles. The Kier molecular flexibility index (Phi) is 19.4. The van der Waals surface area contributed by atoms with Crippen molar-refractivity contribution in [1.82, 2.24) is 35.8 Å². The van der Waals surface area contributed by atoms with Gasteiger partial charge >= 0.3 is 0 Å². The number of rotatable bonds is 22. The molecule has 20 heteroatoms. The fourth-order valence-electron chi connectivity index (χ4n) is 9.49. The number of ether oxygens (including phenoxy) is 1. The number of piperidine rings is 1. The van der Waals surface area contributed by atoms with E-state index in [2.05, 4.69) is 46.4 Å². The maximum absolute atomic E-state index is 14.1. The molecular formula is C55H72ClN10O7PS. The van der Waals surface area contributed by atoms with Gasteiger partial charge in [-0.3, -0.25) is 19.2 Å². The first-order valence-electron chi connectivity index (χ1n) is 25.8. The van der Waals surface area contributed by atoms with Crippen LogP contribution in [-0.4, -0.2) is 113 Å². The van der Waals surface area contributed by atoms with E-state index < -0.39 is 30.7 Å². The van der Waals surface area contributed by atoms with Gasteiger partial charge in [0.25, 0.3) is 0 Å². The third kappa shape index (κ3) is 15.5. The van der Waals surface area contributed by atoms with Crippen molar-refractivity contribution < 1.29 is 33.6 Å². The van der Waals surface area contributed by atoms with Gasteiger partial charge in [-0.25, -0.2) is 9.97 Å². The fraction of sp³-hybridized carbons (Fsp3) is 0.473. The number of carbonyl (C=O) groups excluding carboxylic acids is 4. The summed E-state index contributed by atoms with van der Waals surface area (Å²) in [6, 6.07) is 19.5. The van der Waals surface area contributed by atoms with Crippen LogP contribution in [0.25, 0.3) is 10.4 Å². The van der Waals surface area contributed by atoms with Crippen LogP contribution >= 0.6 is 30.1 Å². The average Bonchev–Trinajstić information content (AvgIpc) is 4.00. The summed E-state index contributed by atoms with van der Waals surface area (Å²) >= 11 is 8.05. The summed E-state index contributed by atoms with van der Waals surface area (Å²) in [5, 5.41) is 27.2. The van der Waals surface area contributed by atoms with E-state index in [0.29, 0.717) is 52.1 Å². The lowest BCUT2D eigenvalue weighted by Gasteiger charge is -2.35. The van der Waals surface area contributed by atoms with Crippen LogP contribution in [0, 0.1) is 12.3 Å². The molecule has 0 bridgehead atoms. The summed E-state index contributed by atoms with van der Waals surface area (Å²) in [4.78, 5) is 71.8. The van der Waals surface area contributed by atoms with Gasteiger partial charge in [0.1, 0.15) is 30.0 Å². The van der Waals surface area contributed by atoms with E-state index in [-0.39, 0.29) is 55.6 Å². The lowest BCUT2D eigenvalue weighted by Crippen LogP contribution is -2.57. The summed E-state index contributed by atoms with van der Waals surface area (Å²) in [5.74, 6) is 0.357. The lowest BCUT2D eigenvalue weighted by atomic mass is 9.85. The van der Waals surface area contributed by atoms with Crippen LogP contribution in [0.5, 0.6) is 5.75 Å². The first-order valence-corrected chi connectivity index (χ1v) is 29.6. The molecule has 4 heterocycles. The number of aliphatic hydroxyl groups excluding tert-OH is 1. The van der Waals surface area contributed by atoms with E-state index in [9.17, 15) is 28.8 Å². The quantitative estimate of drug-likeness (QED) is 0.0282. The summed E-state index contributed by atoms with van der Waals surface area (Å²) in [7, 11) is -0.966. The molecule has 0 saturated carbocycles. The number of likely N-dealkylation sites (tertiary alicyclic amines) is 1. The van der Waals surface area contributed by atoms with Crippen LogP contribution in [0.4, 0.5) is 28.8 Å². The second-order valence-electron chi connectivity index (χ2n) is 20.9. The predicted octanol–water partition coefficient (Wildman–Crippen LogP) is 8.93. The van der Waals surface area contributed by atoms with Gasteiger partial charge in [0, 0.05) is 68.5 Å². The SMILES string of the molecule is COc1cc(N2CCC(NC(=O)CCCCCCCC(=O)N[C@H](C(=O)N3C[C@H](O)C[C@H]3C(=O)NCc3ccc(-c4scnc4C)cc3)C(C)(C)C)CC2)ccc1Nc1ncc(Cl)c(Nc2ccccc2P(C)(C)=O)n1. The molecule has 2 fully saturated rings. The van der Waals surface area contributed by atoms with E-state index in [1.54, 1.807) is 31.8 Å². The Bertz CT molecular complexity index is 2830. The van der Waals surface area contributed by atoms with Crippen molar-refractivity contribution >= 4 is 87.8 Å². The summed E-state index contributed by atoms with van der Waals surface area (Å²) in [5.41, 5.74) is 6.43. The van der Waals surface area contributed by atoms with Crippen molar-refractivity contribution in [2.75, 3.05) is 55.6 Å². The van der Waals surface area contributed by atoms with Crippen LogP contribution in [-0.2, 0) is 30.3 Å². The zero-order valence-electron chi connectivity index (χ0n) is 44.1. The number of para-hydroxylation sites is 1. The molecule has 0 unspecified atom stereocenters. The molecular weight excluding hydrogens is 1010 g/mol. The Morgan fingerprint density at radius 3 is 2.27 bits per heavy atom. The van der Waals surface area contributed by atoms with Gasteiger partial charge in [-0.15, -0.1) is 11.3 Å². The topological polar surface area (TPSA) is 220 Å². The summed E-state index contributed by atoms with van der Waals surface area (Å²) < 4.78 is 18.7. The first-order chi connectivity index (χ1) is 35.8. The molecule has 4 amide bonds. The summed E-state index contributed by atoms with van der Waals surface area (Å²) in [6.45, 7) is 12.9. The molecule has 0 spiro atoms. The van der Waals surface area contributed by atoms with E-state index >= 15 is 0 Å². The Morgan fingerprint density at radius 1 is 0.907 bits per heavy atom. The van der Waals surface area contributed by atoms with Crippen LogP contribution in [0.15, 0.2) is 78.4 Å². The van der Waals surface area contributed by atoms with Gasteiger partial charge in [0.05, 0.1) is 46.9 Å². The standard InChI is InChI=1S/C55H72ClN10O7PS/c1-35-49(75-34-59-35)37-21-19-36(20-22-37)31-57-52(70)44-30-40(67)33-66(44)53(71)50(55(2,3)4)63-48(69)18-12-10-8-9-11-17-47(68)60-38-25-27-65(28-26-38)39-23-24-42(45(29-39)73-5)62-54-58-32-41(56)51(64-54)61-43-15-13-14-16-46(43)74(6,7)72/h13-16,19-24,29,32,34,38,40,44,50,67H,8-12,17-18,25-28,30-31,33H2,1-7H3,(H,57,70)(H,60,68)(H,63,69)(H2,58,61,62,64)/t40-,44+,50-/m1/s1. The Balaban J connectivity index is 0.787. The molecule has 402 valence electrons. The molecule has 3 atom stereocenters. The van der Waals surface area contributed by atoms with Crippen molar-refractivity contribution in [3.63, 3.8) is 0 Å². The fourth-order valence-corrected chi connectivity index (χ4v) is 11.6. The van der Waals surface area contributed by atoms with E-state index in [0.717, 1.165) is 79.0 Å². The zero-order chi connectivity index (χ0) is 53.9. The molecule has 17 nitrogen and oxygen atoms in total. The Hall–Kier alpha value is -6.07. The number of methoxy groups -OCH3 is 1. The second-order valence-corrected chi connectivity index (χ2v) is 25.4. The number of amides is 4. The highest BCUT2D eigenvalue weighted by molar-refractivity contribution is 7.70. The largest absolute Gasteiger partial charge is 0.494 e. The van der Waals surface area contributed by atoms with Crippen molar-refractivity contribution in [2.24, 2.45) is 5.41 Å². The van der Waals surface area contributed by atoms with Crippen molar-refractivity contribution in [3.05, 3.63) is 94.7 Å². The van der Waals surface area contributed by atoms with E-state index in [1.165, 1.54) is 11.1 Å². The lowest BCUT2D eigenvalue weighted by molar-refractivity contribution is -0.144. The van der Waals surface area contributed by atoms with Gasteiger partial charge < -0.3 is 50.8 Å². The number of hydrogen-bond donors (Lipinski definition) is 6. The molecule has 75 heavy (non-hydrogen) atoms. The predicted molar refractivity (Wildman–Crippen MR) is 299 cm³/mol. The number of hydrogen-bond acceptors (Lipinski definition) is 14. The molecule has 5 aromatic rings. The third-order valence-electron chi connectivity index (χ3n) is 13.7. The minimum Gasteiger partial charge on any atom is -0.494 e. The molecule has 3 aromatic carbocycles. The van der Waals surface area contributed by atoms with Crippen LogP contribution in [0.3, 0.4) is 0 Å². The zero-order valence-corrected chi connectivity index (χ0v) is 46.5. The monoisotopic (exact) mass is 1080 g/mol. The van der Waals surface area contributed by atoms with Crippen LogP contribution in [0.2, 0.25) is 5.02 Å². The minimum atomic E-state index is -2.57. The van der Waals surface area contributed by atoms with E-state index in [1.807, 2.05) is 99.9 Å². The highest BCUT2D eigenvalue weighted by Gasteiger charge is 2.44. The molecule has 2 aliphatic heterocycles. The number of halogens is 1. The van der Waals surface area contributed by atoms with Gasteiger partial charge in [-0.2, -0.15) is 4.98 Å². The molecule has 2 aliphatic rings. The molecule has 2 aromatic heterocycles. The van der Waals surface area contributed by atoms with Gasteiger partial charge in [0.15, 0.2) is 5.82 Å². The number of nitrogens with zero attached hydrogens (tertiary/aromatic N) is 5. The van der Waals surface area contributed by atoms with Crippen molar-refractivity contribution in [1.29, 1.82) is 0 Å². The molecule has 0 radical (unpaired) electrons. The highest BCUT2D eigenvalue weighted by atomic mass is 35.5. The Labute approximate surface area is 449 Å². The van der Waals surface area contributed by atoms with Gasteiger partial charge in [0.2, 0.25) is 29.6 Å². The molecule has 0 aliphatic carbocycles. The van der Waals surface area contributed by atoms with Crippen LogP contribution < -0.4 is 41.5 Å². The number of aromatic nitrogens is 3. The number of aryl methyl sites for hydroxylation is 1. The Morgan fingerprint density at radius 2 is 1.60 bits per heavy atom. The maximum atomic E-state index is 14.1. The number of β-amino-alcohol motifs (C(OH)–C–C–N with tert-alkyl or cyclic N) is 1. The first kappa shape index (κ1) is 56.7. The van der Waals surface area contributed by atoms with Crippen molar-refractivity contribution in [3.8, 4) is 16.2 Å². The average molecular weight is 1080 g/mol. The number of carbonyl (C=O) groups is 4. The second kappa shape index (κ2) is 25.6. The smallest absolute Gasteiger partial charge is 0.246 e. The number of nitrogens with one attached hydrogen (secondary N) is 5. The highest BCUT2D eigenvalue weighted by Crippen LogP contribution is 2.39. The number of aliphatic hydroxyl groups is 1. The van der Waals surface area contributed by atoms with Crippen molar-refractivity contribution in [2.45, 2.75) is 123 Å². The molecule has 7 rings (SSSR count). The van der Waals surface area contributed by atoms with Gasteiger partial charge in [-0.05, 0) is 86.7 Å². The number of anilines is 5. The summed E-state index contributed by atoms with van der Waals surface area (Å²) in [6.07, 6.45) is 7.01.